The van der Waals surface area contributed by atoms with Crippen LogP contribution in [0.25, 0.3) is 10.8 Å². The summed E-state index contributed by atoms with van der Waals surface area (Å²) >= 11 is 0. The molecule has 0 aliphatic heterocycles. The third-order valence-corrected chi connectivity index (χ3v) is 5.46. The molecule has 3 aromatic carbocycles. The first-order chi connectivity index (χ1) is 17.5. The minimum Gasteiger partial charge on any atom is -0.493 e. The summed E-state index contributed by atoms with van der Waals surface area (Å²) in [6.07, 6.45) is 1.60. The average Bonchev–Trinajstić information content (AvgIpc) is 2.92. The molecule has 0 atom stereocenters. The molecule has 0 N–H and O–H groups in total. The maximum atomic E-state index is 14.1. The van der Waals surface area contributed by atoms with Crippen LogP contribution in [0.1, 0.15) is 21.6 Å². The van der Waals surface area contributed by atoms with Gasteiger partial charge in [-0.05, 0) is 53.9 Å². The highest BCUT2D eigenvalue weighted by molar-refractivity contribution is 6.18. The van der Waals surface area contributed by atoms with Gasteiger partial charge in [0.2, 0.25) is 0 Å². The van der Waals surface area contributed by atoms with Crippen LogP contribution in [-0.4, -0.2) is 45.1 Å². The Kier molecular flexibility index (Phi) is 7.29. The standard InChI is InChI=1S/C27H23FN2O6/c1-32-21-10-9-17(14-22(21)33-2)25(30-36-27(31)18-7-5-6-8-20(18)28)26-19-15-24(35-4)23(34-3)13-16(19)11-12-29-26/h5-15H,1-4H3. The number of methoxy groups -OCH3 is 4. The van der Waals surface area contributed by atoms with Crippen LogP contribution in [-0.2, 0) is 4.84 Å². The van der Waals surface area contributed by atoms with Crippen molar-refractivity contribution in [1.29, 1.82) is 0 Å². The summed E-state index contributed by atoms with van der Waals surface area (Å²) in [5.74, 6) is 0.284. The minimum atomic E-state index is -0.953. The van der Waals surface area contributed by atoms with Gasteiger partial charge in [0.25, 0.3) is 0 Å². The summed E-state index contributed by atoms with van der Waals surface area (Å²) in [4.78, 5) is 22.4. The Hall–Kier alpha value is -4.66. The highest BCUT2D eigenvalue weighted by Gasteiger charge is 2.20. The Morgan fingerprint density at radius 3 is 2.17 bits per heavy atom. The molecule has 0 aliphatic carbocycles. The van der Waals surface area contributed by atoms with Crippen LogP contribution in [0.2, 0.25) is 0 Å². The topological polar surface area (TPSA) is 88.5 Å². The van der Waals surface area contributed by atoms with Crippen molar-refractivity contribution in [3.8, 4) is 23.0 Å². The number of ether oxygens (including phenoxy) is 4. The smallest absolute Gasteiger partial charge is 0.368 e. The Bertz CT molecular complexity index is 1450. The number of hydrogen-bond acceptors (Lipinski definition) is 8. The quantitative estimate of drug-likeness (QED) is 0.195. The molecule has 1 aromatic heterocycles. The first-order valence-electron chi connectivity index (χ1n) is 10.8. The number of nitrogens with zero attached hydrogens (tertiary/aromatic N) is 2. The molecule has 0 bridgehead atoms. The van der Waals surface area contributed by atoms with Gasteiger partial charge in [-0.2, -0.15) is 0 Å². The molecule has 36 heavy (non-hydrogen) atoms. The van der Waals surface area contributed by atoms with E-state index in [-0.39, 0.29) is 11.3 Å². The number of hydrogen-bond donors (Lipinski definition) is 0. The average molecular weight is 490 g/mol. The van der Waals surface area contributed by atoms with Gasteiger partial charge in [-0.1, -0.05) is 17.3 Å². The largest absolute Gasteiger partial charge is 0.493 e. The molecule has 0 fully saturated rings. The molecule has 0 spiro atoms. The van der Waals surface area contributed by atoms with Crippen molar-refractivity contribution in [2.45, 2.75) is 0 Å². The second-order valence-electron chi connectivity index (χ2n) is 7.46. The van der Waals surface area contributed by atoms with Crippen molar-refractivity contribution in [3.05, 3.63) is 89.5 Å². The summed E-state index contributed by atoms with van der Waals surface area (Å²) in [5.41, 5.74) is 0.870. The number of aromatic nitrogens is 1. The van der Waals surface area contributed by atoms with Gasteiger partial charge in [-0.3, -0.25) is 4.98 Å². The van der Waals surface area contributed by atoms with Gasteiger partial charge in [0.1, 0.15) is 17.2 Å². The zero-order chi connectivity index (χ0) is 25.7. The van der Waals surface area contributed by atoms with E-state index >= 15 is 0 Å². The lowest BCUT2D eigenvalue weighted by Gasteiger charge is -2.14. The number of fused-ring (bicyclic) bond motifs is 1. The van der Waals surface area contributed by atoms with E-state index < -0.39 is 11.8 Å². The molecule has 184 valence electrons. The fourth-order valence-electron chi connectivity index (χ4n) is 3.67. The lowest BCUT2D eigenvalue weighted by molar-refractivity contribution is 0.0511. The number of pyridine rings is 1. The lowest BCUT2D eigenvalue weighted by Crippen LogP contribution is -2.11. The number of halogens is 1. The van der Waals surface area contributed by atoms with Crippen molar-refractivity contribution < 1.29 is 33.0 Å². The predicted octanol–water partition coefficient (Wildman–Crippen LogP) is 5.02. The Balaban J connectivity index is 1.90. The zero-order valence-electron chi connectivity index (χ0n) is 20.1. The number of benzene rings is 3. The molecule has 9 heteroatoms. The van der Waals surface area contributed by atoms with E-state index in [1.54, 1.807) is 49.7 Å². The predicted molar refractivity (Wildman–Crippen MR) is 132 cm³/mol. The molecule has 0 radical (unpaired) electrons. The summed E-state index contributed by atoms with van der Waals surface area (Å²) in [7, 11) is 6.10. The van der Waals surface area contributed by atoms with Gasteiger partial charge >= 0.3 is 5.97 Å². The first-order valence-corrected chi connectivity index (χ1v) is 10.8. The molecule has 0 amide bonds. The van der Waals surface area contributed by atoms with Crippen LogP contribution in [0.4, 0.5) is 4.39 Å². The van der Waals surface area contributed by atoms with E-state index in [9.17, 15) is 9.18 Å². The van der Waals surface area contributed by atoms with Crippen molar-refractivity contribution in [3.63, 3.8) is 0 Å². The molecule has 0 unspecified atom stereocenters. The fourth-order valence-corrected chi connectivity index (χ4v) is 3.67. The number of carbonyl (C=O) groups excluding carboxylic acids is 1. The third-order valence-electron chi connectivity index (χ3n) is 5.46. The third kappa shape index (κ3) is 4.76. The lowest BCUT2D eigenvalue weighted by atomic mass is 10.0. The number of oxime groups is 1. The van der Waals surface area contributed by atoms with Crippen LogP contribution in [0.15, 0.2) is 72.0 Å². The van der Waals surface area contributed by atoms with Crippen LogP contribution >= 0.6 is 0 Å². The molecule has 4 rings (SSSR count). The highest BCUT2D eigenvalue weighted by Crippen LogP contribution is 2.35. The zero-order valence-corrected chi connectivity index (χ0v) is 20.1. The molecule has 4 aromatic rings. The van der Waals surface area contributed by atoms with E-state index in [0.717, 1.165) is 5.39 Å². The van der Waals surface area contributed by atoms with Gasteiger partial charge in [0.15, 0.2) is 23.0 Å². The maximum Gasteiger partial charge on any atom is 0.368 e. The van der Waals surface area contributed by atoms with Crippen molar-refractivity contribution >= 4 is 22.5 Å². The van der Waals surface area contributed by atoms with Crippen LogP contribution in [0, 0.1) is 5.82 Å². The van der Waals surface area contributed by atoms with E-state index in [0.29, 0.717) is 39.6 Å². The van der Waals surface area contributed by atoms with Crippen molar-refractivity contribution in [1.82, 2.24) is 4.98 Å². The van der Waals surface area contributed by atoms with E-state index in [2.05, 4.69) is 10.1 Å². The van der Waals surface area contributed by atoms with Gasteiger partial charge < -0.3 is 23.8 Å². The van der Waals surface area contributed by atoms with Crippen LogP contribution in [0.5, 0.6) is 23.0 Å². The number of carbonyl (C=O) groups is 1. The minimum absolute atomic E-state index is 0.207. The van der Waals surface area contributed by atoms with Gasteiger partial charge in [0, 0.05) is 17.1 Å². The monoisotopic (exact) mass is 490 g/mol. The number of rotatable bonds is 8. The molecular formula is C27H23FN2O6. The molecule has 0 saturated heterocycles. The molecule has 1 heterocycles. The van der Waals surface area contributed by atoms with Crippen LogP contribution < -0.4 is 18.9 Å². The maximum absolute atomic E-state index is 14.1. The second kappa shape index (κ2) is 10.7. The Morgan fingerprint density at radius 2 is 1.47 bits per heavy atom. The summed E-state index contributed by atoms with van der Waals surface area (Å²) in [6, 6.07) is 15.9. The second-order valence-corrected chi connectivity index (χ2v) is 7.46. The molecule has 0 saturated carbocycles. The molecule has 8 nitrogen and oxygen atoms in total. The Labute approximate surface area is 206 Å². The van der Waals surface area contributed by atoms with Gasteiger partial charge in [-0.25, -0.2) is 9.18 Å². The van der Waals surface area contributed by atoms with Crippen molar-refractivity contribution in [2.24, 2.45) is 5.16 Å². The van der Waals surface area contributed by atoms with E-state index in [4.69, 9.17) is 23.8 Å². The summed E-state index contributed by atoms with van der Waals surface area (Å²) in [6.45, 7) is 0. The van der Waals surface area contributed by atoms with Crippen molar-refractivity contribution in [2.75, 3.05) is 28.4 Å². The normalized spacial score (nSPS) is 11.2. The summed E-state index contributed by atoms with van der Waals surface area (Å²) in [5, 5.41) is 5.57. The summed E-state index contributed by atoms with van der Waals surface area (Å²) < 4.78 is 35.8. The first kappa shape index (κ1) is 24.5. The van der Waals surface area contributed by atoms with Crippen LogP contribution in [0.3, 0.4) is 0 Å². The molecule has 0 aliphatic rings. The fraction of sp³-hybridized carbons (Fsp3) is 0.148. The highest BCUT2D eigenvalue weighted by atomic mass is 19.1. The van der Waals surface area contributed by atoms with Gasteiger partial charge in [0.05, 0.1) is 34.0 Å². The SMILES string of the molecule is COc1ccc(C(=NOC(=O)c2ccccc2F)c2nccc3cc(OC)c(OC)cc23)cc1OC. The Morgan fingerprint density at radius 1 is 0.806 bits per heavy atom. The molecular weight excluding hydrogens is 467 g/mol. The van der Waals surface area contributed by atoms with Gasteiger partial charge in [-0.15, -0.1) is 0 Å². The van der Waals surface area contributed by atoms with E-state index in [1.165, 1.54) is 45.6 Å². The van der Waals surface area contributed by atoms with E-state index in [1.807, 2.05) is 0 Å².